The highest BCUT2D eigenvalue weighted by molar-refractivity contribution is 5.84. The van der Waals surface area contributed by atoms with Gasteiger partial charge in [0.25, 0.3) is 0 Å². The Morgan fingerprint density at radius 3 is 2.40 bits per heavy atom. The van der Waals surface area contributed by atoms with Gasteiger partial charge >= 0.3 is 5.97 Å². The number of esters is 1. The molecule has 0 aromatic rings. The molecule has 0 rings (SSSR count). The molecule has 5 heteroatoms. The molecule has 20 heavy (non-hydrogen) atoms. The van der Waals surface area contributed by atoms with E-state index in [4.69, 9.17) is 4.74 Å². The minimum atomic E-state index is -0.534. The van der Waals surface area contributed by atoms with E-state index in [1.165, 1.54) is 7.11 Å². The number of nitrogens with zero attached hydrogens (tertiary/aromatic N) is 1. The number of amides is 1. The molecule has 1 atom stereocenters. The fraction of sp³-hybridized carbons (Fsp3) is 0.867. The van der Waals surface area contributed by atoms with Gasteiger partial charge in [-0.2, -0.15) is 0 Å². The van der Waals surface area contributed by atoms with Crippen molar-refractivity contribution < 1.29 is 14.3 Å². The van der Waals surface area contributed by atoms with Gasteiger partial charge < -0.3 is 15.0 Å². The van der Waals surface area contributed by atoms with Gasteiger partial charge in [0, 0.05) is 13.0 Å². The summed E-state index contributed by atoms with van der Waals surface area (Å²) >= 11 is 0. The van der Waals surface area contributed by atoms with Gasteiger partial charge in [-0.1, -0.05) is 27.2 Å². The number of hydrogen-bond donors (Lipinski definition) is 1. The Morgan fingerprint density at radius 1 is 1.25 bits per heavy atom. The molecule has 0 saturated carbocycles. The molecule has 0 aliphatic carbocycles. The molecule has 0 aromatic carbocycles. The fourth-order valence-electron chi connectivity index (χ4n) is 1.93. The molecule has 0 heterocycles. The first-order valence-electron chi connectivity index (χ1n) is 7.46. The second-order valence-corrected chi connectivity index (χ2v) is 5.68. The Morgan fingerprint density at radius 2 is 1.90 bits per heavy atom. The molecule has 5 nitrogen and oxygen atoms in total. The van der Waals surface area contributed by atoms with Gasteiger partial charge in [-0.25, -0.2) is 4.79 Å². The van der Waals surface area contributed by atoms with Gasteiger partial charge in [0.05, 0.1) is 7.11 Å². The highest BCUT2D eigenvalue weighted by atomic mass is 16.5. The Labute approximate surface area is 123 Å². The number of carbonyl (C=O) groups is 2. The second kappa shape index (κ2) is 10.7. The average Bonchev–Trinajstić information content (AvgIpc) is 2.40. The molecule has 0 aliphatic heterocycles. The number of hydrogen-bond acceptors (Lipinski definition) is 4. The lowest BCUT2D eigenvalue weighted by molar-refractivity contribution is -0.145. The number of nitrogens with one attached hydrogen (secondary N) is 1. The third-order valence-electron chi connectivity index (χ3n) is 3.14. The van der Waals surface area contributed by atoms with Gasteiger partial charge in [-0.05, 0) is 32.4 Å². The molecule has 0 saturated heterocycles. The topological polar surface area (TPSA) is 58.6 Å². The van der Waals surface area contributed by atoms with Gasteiger partial charge in [-0.3, -0.25) is 4.79 Å². The molecule has 1 unspecified atom stereocenters. The molecular formula is C15H30N2O3. The van der Waals surface area contributed by atoms with E-state index < -0.39 is 6.04 Å². The van der Waals surface area contributed by atoms with Crippen molar-refractivity contribution >= 4 is 11.9 Å². The third-order valence-corrected chi connectivity index (χ3v) is 3.14. The van der Waals surface area contributed by atoms with E-state index in [0.717, 1.165) is 19.4 Å². The van der Waals surface area contributed by atoms with Crippen LogP contribution in [0.3, 0.4) is 0 Å². The van der Waals surface area contributed by atoms with Gasteiger partial charge in [0.15, 0.2) is 0 Å². The minimum Gasteiger partial charge on any atom is -0.467 e. The van der Waals surface area contributed by atoms with Gasteiger partial charge in [0.2, 0.25) is 5.91 Å². The van der Waals surface area contributed by atoms with Crippen molar-refractivity contribution in [3.63, 3.8) is 0 Å². The fourth-order valence-corrected chi connectivity index (χ4v) is 1.93. The maximum Gasteiger partial charge on any atom is 0.328 e. The van der Waals surface area contributed by atoms with Crippen LogP contribution < -0.4 is 5.32 Å². The van der Waals surface area contributed by atoms with Crippen LogP contribution >= 0.6 is 0 Å². The van der Waals surface area contributed by atoms with Crippen LogP contribution in [0.1, 0.15) is 46.5 Å². The number of carbonyl (C=O) groups excluding carboxylic acids is 2. The molecule has 0 bridgehead atoms. The van der Waals surface area contributed by atoms with Crippen molar-refractivity contribution in [3.8, 4) is 0 Å². The first-order chi connectivity index (χ1) is 9.40. The molecule has 0 radical (unpaired) electrons. The van der Waals surface area contributed by atoms with Gasteiger partial charge in [-0.15, -0.1) is 0 Å². The van der Waals surface area contributed by atoms with Crippen LogP contribution in [0.25, 0.3) is 0 Å². The summed E-state index contributed by atoms with van der Waals surface area (Å²) in [6, 6.07) is -0.534. The molecule has 0 fully saturated rings. The lowest BCUT2D eigenvalue weighted by Gasteiger charge is -2.20. The van der Waals surface area contributed by atoms with Crippen LogP contribution in [-0.4, -0.2) is 50.1 Å². The Kier molecular flexibility index (Phi) is 10.1. The lowest BCUT2D eigenvalue weighted by atomic mass is 10.0. The van der Waals surface area contributed by atoms with Crippen LogP contribution in [0.5, 0.6) is 0 Å². The summed E-state index contributed by atoms with van der Waals surface area (Å²) in [5, 5.41) is 2.77. The van der Waals surface area contributed by atoms with Crippen molar-refractivity contribution in [1.82, 2.24) is 10.2 Å². The molecule has 0 aromatic heterocycles. The zero-order chi connectivity index (χ0) is 15.5. The Balaban J connectivity index is 4.15. The van der Waals surface area contributed by atoms with E-state index >= 15 is 0 Å². The summed E-state index contributed by atoms with van der Waals surface area (Å²) in [5.41, 5.74) is 0. The van der Waals surface area contributed by atoms with E-state index in [-0.39, 0.29) is 11.9 Å². The summed E-state index contributed by atoms with van der Waals surface area (Å²) in [7, 11) is 3.36. The quantitative estimate of drug-likeness (QED) is 0.622. The van der Waals surface area contributed by atoms with Crippen molar-refractivity contribution in [2.75, 3.05) is 27.2 Å². The zero-order valence-electron chi connectivity index (χ0n) is 13.6. The lowest BCUT2D eigenvalue weighted by Crippen LogP contribution is -2.43. The molecule has 0 spiro atoms. The van der Waals surface area contributed by atoms with Crippen LogP contribution in [0.4, 0.5) is 0 Å². The van der Waals surface area contributed by atoms with Crippen LogP contribution in [0, 0.1) is 5.92 Å². The summed E-state index contributed by atoms with van der Waals surface area (Å²) in [4.78, 5) is 25.6. The zero-order valence-corrected chi connectivity index (χ0v) is 13.6. The smallest absolute Gasteiger partial charge is 0.328 e. The van der Waals surface area contributed by atoms with Crippen LogP contribution in [0.15, 0.2) is 0 Å². The first kappa shape index (κ1) is 18.9. The summed E-state index contributed by atoms with van der Waals surface area (Å²) < 4.78 is 4.73. The van der Waals surface area contributed by atoms with Crippen LogP contribution in [-0.2, 0) is 14.3 Å². The Bertz CT molecular complexity index is 293. The molecule has 1 amide bonds. The monoisotopic (exact) mass is 286 g/mol. The van der Waals surface area contributed by atoms with Crippen LogP contribution in [0.2, 0.25) is 0 Å². The molecule has 1 N–H and O–H groups in total. The van der Waals surface area contributed by atoms with E-state index in [1.807, 2.05) is 20.9 Å². The van der Waals surface area contributed by atoms with Crippen molar-refractivity contribution in [3.05, 3.63) is 0 Å². The average molecular weight is 286 g/mol. The van der Waals surface area contributed by atoms with E-state index in [0.29, 0.717) is 25.3 Å². The normalized spacial score (nSPS) is 12.6. The second-order valence-electron chi connectivity index (χ2n) is 5.68. The van der Waals surface area contributed by atoms with E-state index in [9.17, 15) is 9.59 Å². The van der Waals surface area contributed by atoms with E-state index in [2.05, 4.69) is 17.1 Å². The van der Waals surface area contributed by atoms with Gasteiger partial charge in [0.1, 0.15) is 6.04 Å². The number of methoxy groups -OCH3 is 1. The molecular weight excluding hydrogens is 256 g/mol. The number of rotatable bonds is 10. The number of unbranched alkanes of at least 4 members (excludes halogenated alkanes) is 1. The standard InChI is InChI=1S/C15H30N2O3/c1-6-7-9-17(4)10-8-14(18)16-13(11-12(2)3)15(19)20-5/h12-13H,6-11H2,1-5H3,(H,16,18). The maximum absolute atomic E-state index is 11.9. The maximum atomic E-state index is 11.9. The molecule has 118 valence electrons. The highest BCUT2D eigenvalue weighted by Crippen LogP contribution is 2.06. The largest absolute Gasteiger partial charge is 0.467 e. The Hall–Kier alpha value is -1.10. The summed E-state index contributed by atoms with van der Waals surface area (Å²) in [6.45, 7) is 7.88. The highest BCUT2D eigenvalue weighted by Gasteiger charge is 2.22. The van der Waals surface area contributed by atoms with Crippen molar-refractivity contribution in [2.24, 2.45) is 5.92 Å². The third kappa shape index (κ3) is 8.91. The predicted molar refractivity (Wildman–Crippen MR) is 80.4 cm³/mol. The first-order valence-corrected chi connectivity index (χ1v) is 7.46. The van der Waals surface area contributed by atoms with Crippen molar-refractivity contribution in [2.45, 2.75) is 52.5 Å². The molecule has 0 aliphatic rings. The number of ether oxygens (including phenoxy) is 1. The summed E-state index contributed by atoms with van der Waals surface area (Å²) in [6.07, 6.45) is 3.29. The predicted octanol–water partition coefficient (Wildman–Crippen LogP) is 1.81. The minimum absolute atomic E-state index is 0.0931. The van der Waals surface area contributed by atoms with Crippen molar-refractivity contribution in [1.29, 1.82) is 0 Å². The SMILES string of the molecule is CCCCN(C)CCC(=O)NC(CC(C)C)C(=O)OC. The van der Waals surface area contributed by atoms with E-state index in [1.54, 1.807) is 0 Å². The summed E-state index contributed by atoms with van der Waals surface area (Å²) in [5.74, 6) is -0.137.